The van der Waals surface area contributed by atoms with E-state index in [1.807, 2.05) is 0 Å². The number of nitrogens with zero attached hydrogens (tertiary/aromatic N) is 1. The monoisotopic (exact) mass is 324 g/mol. The predicted octanol–water partition coefficient (Wildman–Crippen LogP) is 3.83. The number of piperidine rings is 1. The zero-order valence-corrected chi connectivity index (χ0v) is 13.8. The molecular formula is C16H25BrN2. The van der Waals surface area contributed by atoms with Crippen LogP contribution in [0.1, 0.15) is 38.3 Å². The van der Waals surface area contributed by atoms with E-state index in [4.69, 9.17) is 0 Å². The summed E-state index contributed by atoms with van der Waals surface area (Å²) in [6.45, 7) is 7.07. The first-order valence-electron chi connectivity index (χ1n) is 7.26. The average molecular weight is 325 g/mol. The summed E-state index contributed by atoms with van der Waals surface area (Å²) >= 11 is 3.49. The van der Waals surface area contributed by atoms with Crippen LogP contribution in [0.4, 0.5) is 0 Å². The molecular weight excluding hydrogens is 300 g/mol. The van der Waals surface area contributed by atoms with Crippen molar-refractivity contribution in [2.45, 2.75) is 38.8 Å². The van der Waals surface area contributed by atoms with Crippen molar-refractivity contribution in [3.8, 4) is 0 Å². The molecule has 1 aromatic rings. The molecule has 106 valence electrons. The standard InChI is InChI=1S/C16H25BrN2/c1-12(14-6-8-16(17)9-7-14)18-13(2)15-5-4-10-19(3)11-15/h6-9,12-13,15,18H,4-5,10-11H2,1-3H3/t12-,13?,15?/m0/s1. The summed E-state index contributed by atoms with van der Waals surface area (Å²) in [7, 11) is 2.23. The van der Waals surface area contributed by atoms with Crippen LogP contribution in [0.15, 0.2) is 28.7 Å². The second kappa shape index (κ2) is 6.87. The van der Waals surface area contributed by atoms with Crippen LogP contribution in [0, 0.1) is 5.92 Å². The molecule has 1 heterocycles. The van der Waals surface area contributed by atoms with E-state index in [0.29, 0.717) is 12.1 Å². The molecule has 1 N–H and O–H groups in total. The molecule has 0 aliphatic carbocycles. The molecule has 2 rings (SSSR count). The Bertz CT molecular complexity index is 390. The van der Waals surface area contributed by atoms with Crippen molar-refractivity contribution in [3.63, 3.8) is 0 Å². The molecule has 0 saturated carbocycles. The van der Waals surface area contributed by atoms with Gasteiger partial charge in [0.25, 0.3) is 0 Å². The van der Waals surface area contributed by atoms with Crippen LogP contribution in [-0.4, -0.2) is 31.1 Å². The molecule has 1 aromatic carbocycles. The minimum Gasteiger partial charge on any atom is -0.307 e. The van der Waals surface area contributed by atoms with E-state index in [1.54, 1.807) is 0 Å². The maximum Gasteiger partial charge on any atom is 0.0294 e. The van der Waals surface area contributed by atoms with E-state index in [2.05, 4.69) is 71.3 Å². The Hall–Kier alpha value is -0.380. The van der Waals surface area contributed by atoms with E-state index in [1.165, 1.54) is 31.5 Å². The Labute approximate surface area is 125 Å². The third-order valence-corrected chi connectivity index (χ3v) is 4.78. The summed E-state index contributed by atoms with van der Waals surface area (Å²) in [5, 5.41) is 3.76. The van der Waals surface area contributed by atoms with Crippen LogP contribution in [0.3, 0.4) is 0 Å². The lowest BCUT2D eigenvalue weighted by Gasteiger charge is -2.35. The highest BCUT2D eigenvalue weighted by atomic mass is 79.9. The topological polar surface area (TPSA) is 15.3 Å². The molecule has 1 fully saturated rings. The maximum absolute atomic E-state index is 3.76. The zero-order chi connectivity index (χ0) is 13.8. The molecule has 1 aliphatic heterocycles. The highest BCUT2D eigenvalue weighted by molar-refractivity contribution is 9.10. The van der Waals surface area contributed by atoms with Crippen molar-refractivity contribution >= 4 is 15.9 Å². The highest BCUT2D eigenvalue weighted by Gasteiger charge is 2.23. The van der Waals surface area contributed by atoms with Crippen molar-refractivity contribution < 1.29 is 0 Å². The smallest absolute Gasteiger partial charge is 0.0294 e. The van der Waals surface area contributed by atoms with E-state index in [-0.39, 0.29) is 0 Å². The minimum atomic E-state index is 0.412. The molecule has 2 nitrogen and oxygen atoms in total. The van der Waals surface area contributed by atoms with Gasteiger partial charge in [0.2, 0.25) is 0 Å². The normalized spacial score (nSPS) is 24.1. The van der Waals surface area contributed by atoms with Crippen LogP contribution in [0.25, 0.3) is 0 Å². The number of benzene rings is 1. The Morgan fingerprint density at radius 1 is 1.26 bits per heavy atom. The first kappa shape index (κ1) is 15.0. The van der Waals surface area contributed by atoms with Crippen molar-refractivity contribution in [1.29, 1.82) is 0 Å². The van der Waals surface area contributed by atoms with Gasteiger partial charge in [0.15, 0.2) is 0 Å². The van der Waals surface area contributed by atoms with Gasteiger partial charge in [0.05, 0.1) is 0 Å². The van der Waals surface area contributed by atoms with Crippen molar-refractivity contribution in [1.82, 2.24) is 10.2 Å². The van der Waals surface area contributed by atoms with E-state index < -0.39 is 0 Å². The highest BCUT2D eigenvalue weighted by Crippen LogP contribution is 2.22. The van der Waals surface area contributed by atoms with Gasteiger partial charge in [-0.3, -0.25) is 0 Å². The molecule has 2 unspecified atom stereocenters. The fraction of sp³-hybridized carbons (Fsp3) is 0.625. The molecule has 0 radical (unpaired) electrons. The Morgan fingerprint density at radius 2 is 1.95 bits per heavy atom. The van der Waals surface area contributed by atoms with Crippen molar-refractivity contribution in [2.24, 2.45) is 5.92 Å². The maximum atomic E-state index is 3.76. The molecule has 0 bridgehead atoms. The summed E-state index contributed by atoms with van der Waals surface area (Å²) in [5.41, 5.74) is 1.36. The SMILES string of the molecule is CC(N[C@@H](C)c1ccc(Br)cc1)C1CCCN(C)C1. The van der Waals surface area contributed by atoms with Gasteiger partial charge in [-0.2, -0.15) is 0 Å². The molecule has 0 amide bonds. The molecule has 19 heavy (non-hydrogen) atoms. The number of hydrogen-bond acceptors (Lipinski definition) is 2. The average Bonchev–Trinajstić information content (AvgIpc) is 2.39. The third-order valence-electron chi connectivity index (χ3n) is 4.25. The van der Waals surface area contributed by atoms with Gasteiger partial charge in [-0.25, -0.2) is 0 Å². The van der Waals surface area contributed by atoms with Crippen LogP contribution in [0.5, 0.6) is 0 Å². The number of likely N-dealkylation sites (tertiary alicyclic amines) is 1. The lowest BCUT2D eigenvalue weighted by Crippen LogP contribution is -2.43. The van der Waals surface area contributed by atoms with E-state index in [9.17, 15) is 0 Å². The molecule has 1 saturated heterocycles. The second-order valence-electron chi connectivity index (χ2n) is 5.89. The lowest BCUT2D eigenvalue weighted by molar-refractivity contribution is 0.174. The lowest BCUT2D eigenvalue weighted by atomic mass is 9.91. The molecule has 1 aliphatic rings. The molecule has 0 aromatic heterocycles. The number of hydrogen-bond donors (Lipinski definition) is 1. The van der Waals surface area contributed by atoms with Gasteiger partial charge < -0.3 is 10.2 Å². The Morgan fingerprint density at radius 3 is 2.58 bits per heavy atom. The van der Waals surface area contributed by atoms with Crippen molar-refractivity contribution in [2.75, 3.05) is 20.1 Å². The third kappa shape index (κ3) is 4.30. The fourth-order valence-electron chi connectivity index (χ4n) is 2.99. The molecule has 3 heteroatoms. The fourth-order valence-corrected chi connectivity index (χ4v) is 3.26. The van der Waals surface area contributed by atoms with Gasteiger partial charge in [0.1, 0.15) is 0 Å². The number of halogens is 1. The van der Waals surface area contributed by atoms with Gasteiger partial charge in [0, 0.05) is 23.1 Å². The van der Waals surface area contributed by atoms with Crippen LogP contribution in [-0.2, 0) is 0 Å². The van der Waals surface area contributed by atoms with E-state index in [0.717, 1.165) is 10.4 Å². The summed E-state index contributed by atoms with van der Waals surface area (Å²) < 4.78 is 1.14. The van der Waals surface area contributed by atoms with Gasteiger partial charge >= 0.3 is 0 Å². The molecule has 3 atom stereocenters. The predicted molar refractivity (Wildman–Crippen MR) is 85.4 cm³/mol. The second-order valence-corrected chi connectivity index (χ2v) is 6.81. The summed E-state index contributed by atoms with van der Waals surface area (Å²) in [6.07, 6.45) is 2.69. The van der Waals surface area contributed by atoms with Crippen LogP contribution in [0.2, 0.25) is 0 Å². The first-order valence-corrected chi connectivity index (χ1v) is 8.05. The minimum absolute atomic E-state index is 0.412. The molecule has 0 spiro atoms. The Kier molecular flexibility index (Phi) is 5.43. The number of nitrogens with one attached hydrogen (secondary N) is 1. The zero-order valence-electron chi connectivity index (χ0n) is 12.2. The largest absolute Gasteiger partial charge is 0.307 e. The van der Waals surface area contributed by atoms with Crippen LogP contribution < -0.4 is 5.32 Å². The number of rotatable bonds is 4. The van der Waals surface area contributed by atoms with Crippen LogP contribution >= 0.6 is 15.9 Å². The summed E-state index contributed by atoms with van der Waals surface area (Å²) in [6, 6.07) is 9.61. The van der Waals surface area contributed by atoms with Gasteiger partial charge in [-0.1, -0.05) is 28.1 Å². The Balaban J connectivity index is 1.90. The quantitative estimate of drug-likeness (QED) is 0.905. The van der Waals surface area contributed by atoms with Gasteiger partial charge in [-0.15, -0.1) is 0 Å². The van der Waals surface area contributed by atoms with Gasteiger partial charge in [-0.05, 0) is 63.9 Å². The van der Waals surface area contributed by atoms with E-state index >= 15 is 0 Å². The van der Waals surface area contributed by atoms with Crippen molar-refractivity contribution in [3.05, 3.63) is 34.3 Å². The first-order chi connectivity index (χ1) is 9.06. The summed E-state index contributed by atoms with van der Waals surface area (Å²) in [5.74, 6) is 0.775. The summed E-state index contributed by atoms with van der Waals surface area (Å²) in [4.78, 5) is 2.46.